The van der Waals surface area contributed by atoms with E-state index in [9.17, 15) is 0 Å². The highest BCUT2D eigenvalue weighted by atomic mass is 79.9. The Balaban J connectivity index is 0.000000130. The smallest absolute Gasteiger partial charge is 0.164 e. The van der Waals surface area contributed by atoms with E-state index in [-0.39, 0.29) is 0 Å². The second-order valence-electron chi connectivity index (χ2n) is 17.7. The van der Waals surface area contributed by atoms with Gasteiger partial charge in [-0.15, -0.1) is 0 Å². The number of hydrogen-bond donors (Lipinski definition) is 1. The first-order valence-electron chi connectivity index (χ1n) is 25.0. The Hall–Kier alpha value is -10.1. The van der Waals surface area contributed by atoms with Gasteiger partial charge in [0.1, 0.15) is 0 Å². The van der Waals surface area contributed by atoms with Crippen LogP contribution >= 0.6 is 15.9 Å². The fraction of sp³-hybridized carbons (Fsp3) is 0. The van der Waals surface area contributed by atoms with Gasteiger partial charge in [0.2, 0.25) is 0 Å². The van der Waals surface area contributed by atoms with Gasteiger partial charge in [-0.05, 0) is 84.9 Å². The molecule has 77 heavy (non-hydrogen) atoms. The Bertz CT molecular complexity index is 3720. The minimum absolute atomic E-state index is 0.632. The quantitative estimate of drug-likeness (QED) is 0.166. The summed E-state index contributed by atoms with van der Waals surface area (Å²) in [4.78, 5) is 30.8. The normalized spacial score (nSPS) is 11.5. The molecule has 10 aromatic carbocycles. The number of halogens is 1. The van der Waals surface area contributed by atoms with Crippen molar-refractivity contribution in [1.29, 1.82) is 0 Å². The first kappa shape index (κ1) is 47.9. The molecule has 0 spiro atoms. The zero-order chi connectivity index (χ0) is 51.8. The van der Waals surface area contributed by atoms with Crippen LogP contribution in [0.15, 0.2) is 271 Å². The fourth-order valence-corrected chi connectivity index (χ4v) is 9.06. The van der Waals surface area contributed by atoms with Crippen LogP contribution < -0.4 is 19.7 Å². The second kappa shape index (κ2) is 22.2. The average Bonchev–Trinajstić information content (AvgIpc) is 3.55. The molecule has 10 nitrogen and oxygen atoms in total. The molecule has 11 heteroatoms. The number of benzene rings is 10. The maximum Gasteiger partial charge on any atom is 0.164 e. The van der Waals surface area contributed by atoms with E-state index in [1.807, 2.05) is 231 Å². The van der Waals surface area contributed by atoms with Crippen molar-refractivity contribution in [2.45, 2.75) is 0 Å². The van der Waals surface area contributed by atoms with Gasteiger partial charge in [-0.25, -0.2) is 29.9 Å². The summed E-state index contributed by atoms with van der Waals surface area (Å²) in [6.07, 6.45) is 0. The molecule has 0 fully saturated rings. The van der Waals surface area contributed by atoms with Gasteiger partial charge in [0, 0.05) is 43.5 Å². The Morgan fingerprint density at radius 2 is 0.545 bits per heavy atom. The molecule has 0 aliphatic carbocycles. The summed E-state index contributed by atoms with van der Waals surface area (Å²) >= 11 is 3.47. The molecule has 0 saturated heterocycles. The van der Waals surface area contributed by atoms with Crippen LogP contribution in [0.25, 0.3) is 68.3 Å². The molecular formula is C66H45BrN8O2. The average molecular weight is 1060 g/mol. The summed E-state index contributed by atoms with van der Waals surface area (Å²) in [6.45, 7) is 0. The largest absolute Gasteiger partial charge is 0.453 e. The topological polar surface area (TPSA) is 111 Å². The van der Waals surface area contributed by atoms with Crippen molar-refractivity contribution in [2.75, 3.05) is 10.2 Å². The highest BCUT2D eigenvalue weighted by Crippen LogP contribution is 2.50. The minimum atomic E-state index is 0.632. The van der Waals surface area contributed by atoms with Crippen molar-refractivity contribution in [1.82, 2.24) is 29.9 Å². The van der Waals surface area contributed by atoms with Gasteiger partial charge in [0.15, 0.2) is 57.9 Å². The van der Waals surface area contributed by atoms with Gasteiger partial charge in [-0.2, -0.15) is 0 Å². The first-order valence-corrected chi connectivity index (χ1v) is 25.7. The monoisotopic (exact) mass is 1060 g/mol. The zero-order valence-electron chi connectivity index (χ0n) is 41.2. The number of nitrogens with zero attached hydrogens (tertiary/aromatic N) is 7. The number of ether oxygens (including phenoxy) is 2. The lowest BCUT2D eigenvalue weighted by Gasteiger charge is -2.32. The Labute approximate surface area is 454 Å². The summed E-state index contributed by atoms with van der Waals surface area (Å²) in [7, 11) is 0. The number of nitrogens with one attached hydrogen (secondary N) is 1. The van der Waals surface area contributed by atoms with Crippen molar-refractivity contribution in [3.63, 3.8) is 0 Å². The third kappa shape index (κ3) is 10.8. The molecule has 14 rings (SSSR count). The maximum absolute atomic E-state index is 6.16. The molecule has 2 aliphatic heterocycles. The van der Waals surface area contributed by atoms with E-state index < -0.39 is 0 Å². The molecule has 0 saturated carbocycles. The van der Waals surface area contributed by atoms with Crippen LogP contribution in [-0.2, 0) is 0 Å². The number of aromatic nitrogens is 6. The molecule has 12 aromatic rings. The van der Waals surface area contributed by atoms with E-state index in [0.29, 0.717) is 34.9 Å². The highest BCUT2D eigenvalue weighted by Gasteiger charge is 2.25. The summed E-state index contributed by atoms with van der Waals surface area (Å²) in [6, 6.07) is 88.3. The van der Waals surface area contributed by atoms with Crippen LogP contribution in [0.4, 0.5) is 28.4 Å². The fourth-order valence-electron chi connectivity index (χ4n) is 8.80. The molecule has 2 aliphatic rings. The number of rotatable bonds is 7. The lowest BCUT2D eigenvalue weighted by Crippen LogP contribution is -2.15. The second-order valence-corrected chi connectivity index (χ2v) is 18.6. The number of anilines is 5. The van der Waals surface area contributed by atoms with E-state index in [1.165, 1.54) is 0 Å². The van der Waals surface area contributed by atoms with Crippen molar-refractivity contribution < 1.29 is 9.47 Å². The summed E-state index contributed by atoms with van der Waals surface area (Å²) in [5.74, 6) is 7.36. The zero-order valence-corrected chi connectivity index (χ0v) is 42.8. The molecule has 0 bridgehead atoms. The Kier molecular flexibility index (Phi) is 13.8. The molecule has 1 N–H and O–H groups in total. The van der Waals surface area contributed by atoms with Crippen LogP contribution in [0.3, 0.4) is 0 Å². The lowest BCUT2D eigenvalue weighted by atomic mass is 10.1. The van der Waals surface area contributed by atoms with Gasteiger partial charge < -0.3 is 19.7 Å². The molecule has 0 amide bonds. The summed E-state index contributed by atoms with van der Waals surface area (Å²) in [5.41, 5.74) is 10.8. The van der Waals surface area contributed by atoms with E-state index in [4.69, 9.17) is 34.4 Å². The molecule has 368 valence electrons. The maximum atomic E-state index is 6.16. The van der Waals surface area contributed by atoms with Crippen LogP contribution in [0.5, 0.6) is 23.0 Å². The molecule has 0 unspecified atom stereocenters. The van der Waals surface area contributed by atoms with E-state index in [0.717, 1.165) is 89.3 Å². The van der Waals surface area contributed by atoms with Crippen LogP contribution in [0, 0.1) is 0 Å². The van der Waals surface area contributed by atoms with Gasteiger partial charge in [-0.1, -0.05) is 198 Å². The van der Waals surface area contributed by atoms with Gasteiger partial charge in [-0.3, -0.25) is 0 Å². The molecule has 0 atom stereocenters. The van der Waals surface area contributed by atoms with Crippen molar-refractivity contribution >= 4 is 44.4 Å². The van der Waals surface area contributed by atoms with Crippen molar-refractivity contribution in [3.8, 4) is 91.3 Å². The Morgan fingerprint density at radius 1 is 0.273 bits per heavy atom. The summed E-state index contributed by atoms with van der Waals surface area (Å²) < 4.78 is 12.9. The van der Waals surface area contributed by atoms with Gasteiger partial charge in [0.05, 0.1) is 22.7 Å². The summed E-state index contributed by atoms with van der Waals surface area (Å²) in [5, 5.41) is 3.32. The molecule has 4 heterocycles. The van der Waals surface area contributed by atoms with Gasteiger partial charge in [0.25, 0.3) is 0 Å². The van der Waals surface area contributed by atoms with Crippen molar-refractivity contribution in [2.24, 2.45) is 0 Å². The van der Waals surface area contributed by atoms with Crippen LogP contribution in [0.1, 0.15) is 0 Å². The number of hydrogen-bond acceptors (Lipinski definition) is 10. The molecule has 0 radical (unpaired) electrons. The number of fused-ring (bicyclic) bond motifs is 4. The first-order chi connectivity index (χ1) is 38.1. The standard InChI is InChI=1S/C33H22N4O.C21H14BrN3.C12H9NO/c1-3-11-23(12-4-1)31-34-32(24-13-5-2-6-14-24)36-33(35-31)25-19-21-26(22-20-25)37-27-15-7-9-17-29(27)38-30-18-10-8-16-28(30)37;22-18-13-11-17(12-14-18)21-24-19(15-7-3-1-4-8-15)23-20(25-21)16-9-5-2-6-10-16;1-3-7-11-9(5-1)13-10-6-2-4-8-12(10)14-11/h1-22H;1-14H;1-8,13H. The number of para-hydroxylation sites is 8. The minimum Gasteiger partial charge on any atom is -0.453 e. The van der Waals surface area contributed by atoms with E-state index >= 15 is 0 Å². The predicted octanol–water partition coefficient (Wildman–Crippen LogP) is 17.6. The SMILES string of the molecule is Brc1ccc(-c2nc(-c3ccccc3)nc(-c3ccccc3)n2)cc1.c1ccc(-c2nc(-c3ccccc3)nc(-c3ccc(N4c5ccccc5Oc5ccccc54)cc3)n2)cc1.c1ccc2c(c1)Nc1ccccc1O2. The third-order valence-electron chi connectivity index (χ3n) is 12.6. The predicted molar refractivity (Wildman–Crippen MR) is 311 cm³/mol. The Morgan fingerprint density at radius 3 is 0.909 bits per heavy atom. The van der Waals surface area contributed by atoms with Crippen molar-refractivity contribution in [3.05, 3.63) is 271 Å². The molecular weight excluding hydrogens is 1020 g/mol. The third-order valence-corrected chi connectivity index (χ3v) is 13.1. The highest BCUT2D eigenvalue weighted by molar-refractivity contribution is 9.10. The lowest BCUT2D eigenvalue weighted by molar-refractivity contribution is 0.477. The van der Waals surface area contributed by atoms with Gasteiger partial charge >= 0.3 is 0 Å². The molecule has 2 aromatic heterocycles. The van der Waals surface area contributed by atoms with Crippen LogP contribution in [-0.4, -0.2) is 29.9 Å². The van der Waals surface area contributed by atoms with E-state index in [1.54, 1.807) is 0 Å². The van der Waals surface area contributed by atoms with Crippen LogP contribution in [0.2, 0.25) is 0 Å². The van der Waals surface area contributed by atoms with E-state index in [2.05, 4.69) is 67.5 Å².